The molecule has 4 nitrogen and oxygen atoms in total. The Bertz CT molecular complexity index is 699. The second kappa shape index (κ2) is 8.18. The molecular weight excluding hydrogens is 326 g/mol. The first-order chi connectivity index (χ1) is 11.7. The Kier molecular flexibility index (Phi) is 5.72. The lowest BCUT2D eigenvalue weighted by molar-refractivity contribution is 0.0857. The molecule has 0 radical (unpaired) electrons. The van der Waals surface area contributed by atoms with Gasteiger partial charge in [0.25, 0.3) is 5.91 Å². The molecule has 1 amide bonds. The van der Waals surface area contributed by atoms with E-state index in [2.05, 4.69) is 5.32 Å². The largest absolute Gasteiger partial charge is 0.489 e. The van der Waals surface area contributed by atoms with Crippen LogP contribution in [0.15, 0.2) is 48.5 Å². The smallest absolute Gasteiger partial charge is 0.251 e. The number of amides is 1. The summed E-state index contributed by atoms with van der Waals surface area (Å²) in [7, 11) is 0. The maximum absolute atomic E-state index is 12.2. The van der Waals surface area contributed by atoms with Crippen LogP contribution in [0.1, 0.15) is 28.8 Å². The van der Waals surface area contributed by atoms with E-state index in [9.17, 15) is 4.79 Å². The van der Waals surface area contributed by atoms with Gasteiger partial charge in [0.2, 0.25) is 0 Å². The van der Waals surface area contributed by atoms with E-state index in [4.69, 9.17) is 21.1 Å². The normalized spacial score (nSPS) is 16.8. The molecule has 1 heterocycles. The van der Waals surface area contributed by atoms with E-state index >= 15 is 0 Å². The molecular formula is C19H20ClNO3. The average molecular weight is 346 g/mol. The number of hydrogen-bond donors (Lipinski definition) is 1. The number of carbonyl (C=O) groups excluding carboxylic acids is 1. The van der Waals surface area contributed by atoms with Crippen molar-refractivity contribution in [3.63, 3.8) is 0 Å². The molecule has 0 spiro atoms. The van der Waals surface area contributed by atoms with Gasteiger partial charge in [-0.3, -0.25) is 4.79 Å². The van der Waals surface area contributed by atoms with Gasteiger partial charge in [-0.1, -0.05) is 35.9 Å². The molecule has 1 saturated heterocycles. The molecule has 126 valence electrons. The molecule has 3 rings (SSSR count). The minimum absolute atomic E-state index is 0.117. The summed E-state index contributed by atoms with van der Waals surface area (Å²) in [5, 5.41) is 3.58. The number of nitrogens with one attached hydrogen (secondary N) is 1. The molecule has 5 heteroatoms. The van der Waals surface area contributed by atoms with E-state index in [0.29, 0.717) is 29.5 Å². The van der Waals surface area contributed by atoms with Crippen LogP contribution in [-0.4, -0.2) is 25.2 Å². The number of ether oxygens (including phenoxy) is 2. The lowest BCUT2D eigenvalue weighted by atomic mass is 10.2. The summed E-state index contributed by atoms with van der Waals surface area (Å²) in [6.07, 6.45) is 2.20. The highest BCUT2D eigenvalue weighted by Crippen LogP contribution is 2.19. The number of carbonyl (C=O) groups is 1. The fourth-order valence-electron chi connectivity index (χ4n) is 2.62. The van der Waals surface area contributed by atoms with Crippen LogP contribution in [-0.2, 0) is 11.3 Å². The van der Waals surface area contributed by atoms with Gasteiger partial charge in [0.1, 0.15) is 12.4 Å². The number of rotatable bonds is 6. The lowest BCUT2D eigenvalue weighted by Gasteiger charge is -2.12. The summed E-state index contributed by atoms with van der Waals surface area (Å²) < 4.78 is 11.3. The lowest BCUT2D eigenvalue weighted by Crippen LogP contribution is -2.31. The average Bonchev–Trinajstić information content (AvgIpc) is 3.13. The summed E-state index contributed by atoms with van der Waals surface area (Å²) in [6, 6.07) is 14.7. The SMILES string of the molecule is O=C(NC[C@H]1CCCO1)c1cccc(OCc2ccccc2Cl)c1. The van der Waals surface area contributed by atoms with Crippen molar-refractivity contribution in [1.29, 1.82) is 0 Å². The molecule has 0 saturated carbocycles. The van der Waals surface area contributed by atoms with E-state index in [0.717, 1.165) is 25.0 Å². The van der Waals surface area contributed by atoms with Crippen molar-refractivity contribution < 1.29 is 14.3 Å². The van der Waals surface area contributed by atoms with Crippen molar-refractivity contribution in [2.45, 2.75) is 25.6 Å². The monoisotopic (exact) mass is 345 g/mol. The molecule has 24 heavy (non-hydrogen) atoms. The Labute approximate surface area is 146 Å². The summed E-state index contributed by atoms with van der Waals surface area (Å²) in [4.78, 5) is 12.2. The quantitative estimate of drug-likeness (QED) is 0.865. The van der Waals surface area contributed by atoms with Crippen LogP contribution in [0, 0.1) is 0 Å². The van der Waals surface area contributed by atoms with Crippen molar-refractivity contribution in [2.75, 3.05) is 13.2 Å². The number of halogens is 1. The zero-order valence-electron chi connectivity index (χ0n) is 13.3. The molecule has 0 bridgehead atoms. The van der Waals surface area contributed by atoms with E-state index in [-0.39, 0.29) is 12.0 Å². The Hall–Kier alpha value is -2.04. The van der Waals surface area contributed by atoms with E-state index in [1.54, 1.807) is 12.1 Å². The Morgan fingerprint density at radius 3 is 2.92 bits per heavy atom. The van der Waals surface area contributed by atoms with Gasteiger partial charge in [0.15, 0.2) is 0 Å². The first-order valence-corrected chi connectivity index (χ1v) is 8.46. The van der Waals surface area contributed by atoms with Crippen LogP contribution in [0.2, 0.25) is 5.02 Å². The van der Waals surface area contributed by atoms with E-state index in [1.807, 2.05) is 36.4 Å². The van der Waals surface area contributed by atoms with Crippen molar-refractivity contribution in [1.82, 2.24) is 5.32 Å². The molecule has 1 N–H and O–H groups in total. The predicted octanol–water partition coefficient (Wildman–Crippen LogP) is 3.83. The van der Waals surface area contributed by atoms with E-state index < -0.39 is 0 Å². The molecule has 1 aliphatic rings. The van der Waals surface area contributed by atoms with Gasteiger partial charge in [0.05, 0.1) is 6.10 Å². The number of benzene rings is 2. The van der Waals surface area contributed by atoms with Crippen LogP contribution in [0.25, 0.3) is 0 Å². The van der Waals surface area contributed by atoms with Crippen LogP contribution < -0.4 is 10.1 Å². The Morgan fingerprint density at radius 2 is 2.12 bits per heavy atom. The zero-order valence-corrected chi connectivity index (χ0v) is 14.1. The molecule has 0 unspecified atom stereocenters. The highest BCUT2D eigenvalue weighted by atomic mass is 35.5. The van der Waals surface area contributed by atoms with Crippen LogP contribution in [0.3, 0.4) is 0 Å². The van der Waals surface area contributed by atoms with E-state index in [1.165, 1.54) is 0 Å². The van der Waals surface area contributed by atoms with Gasteiger partial charge in [-0.15, -0.1) is 0 Å². The third kappa shape index (κ3) is 4.49. The van der Waals surface area contributed by atoms with Gasteiger partial charge < -0.3 is 14.8 Å². The molecule has 2 aromatic carbocycles. The van der Waals surface area contributed by atoms with Gasteiger partial charge in [-0.2, -0.15) is 0 Å². The van der Waals surface area contributed by atoms with Gasteiger partial charge >= 0.3 is 0 Å². The maximum Gasteiger partial charge on any atom is 0.251 e. The Balaban J connectivity index is 1.57. The van der Waals surface area contributed by atoms with Crippen molar-refractivity contribution in [2.24, 2.45) is 0 Å². The maximum atomic E-state index is 12.2. The first kappa shape index (κ1) is 16.8. The van der Waals surface area contributed by atoms with Gasteiger partial charge in [-0.25, -0.2) is 0 Å². The minimum atomic E-state index is -0.117. The zero-order chi connectivity index (χ0) is 16.8. The summed E-state index contributed by atoms with van der Waals surface area (Å²) in [5.74, 6) is 0.522. The van der Waals surface area contributed by atoms with Gasteiger partial charge in [-0.05, 0) is 37.1 Å². The summed E-state index contributed by atoms with van der Waals surface area (Å²) in [5.41, 5.74) is 1.48. The van der Waals surface area contributed by atoms with Gasteiger partial charge in [0, 0.05) is 29.3 Å². The van der Waals surface area contributed by atoms with Crippen LogP contribution in [0.4, 0.5) is 0 Å². The molecule has 1 atom stereocenters. The molecule has 1 fully saturated rings. The molecule has 0 aromatic heterocycles. The van der Waals surface area contributed by atoms with Crippen molar-refractivity contribution >= 4 is 17.5 Å². The standard InChI is InChI=1S/C19H20ClNO3/c20-18-9-2-1-5-15(18)13-24-16-7-3-6-14(11-16)19(22)21-12-17-8-4-10-23-17/h1-3,5-7,9,11,17H,4,8,10,12-13H2,(H,21,22)/t17-/m1/s1. The number of hydrogen-bond acceptors (Lipinski definition) is 3. The summed E-state index contributed by atoms with van der Waals surface area (Å²) in [6.45, 7) is 1.69. The minimum Gasteiger partial charge on any atom is -0.489 e. The third-order valence-electron chi connectivity index (χ3n) is 3.96. The first-order valence-electron chi connectivity index (χ1n) is 8.08. The second-order valence-corrected chi connectivity index (χ2v) is 6.16. The molecule has 1 aliphatic heterocycles. The molecule has 2 aromatic rings. The third-order valence-corrected chi connectivity index (χ3v) is 4.33. The topological polar surface area (TPSA) is 47.6 Å². The fraction of sp³-hybridized carbons (Fsp3) is 0.316. The summed E-state index contributed by atoms with van der Waals surface area (Å²) >= 11 is 6.12. The molecule has 0 aliphatic carbocycles. The second-order valence-electron chi connectivity index (χ2n) is 5.75. The van der Waals surface area contributed by atoms with Crippen LogP contribution in [0.5, 0.6) is 5.75 Å². The van der Waals surface area contributed by atoms with Crippen molar-refractivity contribution in [3.8, 4) is 5.75 Å². The Morgan fingerprint density at radius 1 is 1.25 bits per heavy atom. The van der Waals surface area contributed by atoms with Crippen LogP contribution >= 0.6 is 11.6 Å². The fourth-order valence-corrected chi connectivity index (χ4v) is 2.81. The highest BCUT2D eigenvalue weighted by molar-refractivity contribution is 6.31. The highest BCUT2D eigenvalue weighted by Gasteiger charge is 2.16. The predicted molar refractivity (Wildman–Crippen MR) is 93.5 cm³/mol. The van der Waals surface area contributed by atoms with Crippen molar-refractivity contribution in [3.05, 3.63) is 64.7 Å².